The van der Waals surface area contributed by atoms with Crippen LogP contribution in [0.15, 0.2) is 10.8 Å². The molecule has 0 aliphatic heterocycles. The number of nitrogens with zero attached hydrogens (tertiary/aromatic N) is 1. The van der Waals surface area contributed by atoms with E-state index in [0.717, 1.165) is 0 Å². The Kier molecular flexibility index (Phi) is 2.83. The quantitative estimate of drug-likeness (QED) is 0.701. The molecule has 1 rings (SSSR count). The number of carboxylic acids is 1. The molecule has 66 valence electrons. The van der Waals surface area contributed by atoms with Gasteiger partial charge in [-0.1, -0.05) is 0 Å². The molecule has 0 aliphatic carbocycles. The summed E-state index contributed by atoms with van der Waals surface area (Å²) in [4.78, 5) is 10.6. The van der Waals surface area contributed by atoms with Gasteiger partial charge in [-0.05, 0) is 15.9 Å². The molecule has 0 fully saturated rings. The average Bonchev–Trinajstić information content (AvgIpc) is 2.38. The Morgan fingerprint density at radius 3 is 2.92 bits per heavy atom. The van der Waals surface area contributed by atoms with E-state index < -0.39 is 11.9 Å². The van der Waals surface area contributed by atoms with Crippen molar-refractivity contribution >= 4 is 21.9 Å². The van der Waals surface area contributed by atoms with Crippen LogP contribution in [0.25, 0.3) is 0 Å². The van der Waals surface area contributed by atoms with Crippen molar-refractivity contribution in [1.29, 1.82) is 0 Å². The molecule has 0 saturated heterocycles. The first kappa shape index (κ1) is 9.21. The fourth-order valence-electron chi connectivity index (χ4n) is 0.883. The molecule has 0 spiro atoms. The highest BCUT2D eigenvalue weighted by molar-refractivity contribution is 9.10. The Morgan fingerprint density at radius 1 is 1.92 bits per heavy atom. The SMILES string of the molecule is NCC(C(=O)O)c1cn[nH]c1Br. The standard InChI is InChI=1S/C6H8BrN3O2/c7-5-4(2-9-10-5)3(1-8)6(11)12/h2-3H,1,8H2,(H,9,10)(H,11,12). The van der Waals surface area contributed by atoms with E-state index in [0.29, 0.717) is 10.2 Å². The summed E-state index contributed by atoms with van der Waals surface area (Å²) in [5.74, 6) is -1.64. The lowest BCUT2D eigenvalue weighted by Crippen LogP contribution is -2.20. The largest absolute Gasteiger partial charge is 0.481 e. The molecule has 0 bridgehead atoms. The van der Waals surface area contributed by atoms with Crippen LogP contribution in [0.1, 0.15) is 11.5 Å². The first-order valence-corrected chi connectivity index (χ1v) is 4.07. The lowest BCUT2D eigenvalue weighted by atomic mass is 10.0. The summed E-state index contributed by atoms with van der Waals surface area (Å²) >= 11 is 3.14. The number of carbonyl (C=O) groups is 1. The number of nitrogens with two attached hydrogens (primary N) is 1. The molecule has 1 heterocycles. The molecular weight excluding hydrogens is 226 g/mol. The number of halogens is 1. The number of carboxylic acid groups (broad SMARTS) is 1. The highest BCUT2D eigenvalue weighted by atomic mass is 79.9. The lowest BCUT2D eigenvalue weighted by Gasteiger charge is -2.06. The van der Waals surface area contributed by atoms with Gasteiger partial charge in [0, 0.05) is 12.1 Å². The van der Waals surface area contributed by atoms with E-state index in [9.17, 15) is 4.79 Å². The Bertz CT molecular complexity index is 286. The minimum atomic E-state index is -0.945. The smallest absolute Gasteiger partial charge is 0.312 e. The zero-order valence-electron chi connectivity index (χ0n) is 6.12. The fraction of sp³-hybridized carbons (Fsp3) is 0.333. The summed E-state index contributed by atoms with van der Waals surface area (Å²) in [7, 11) is 0. The number of hydrogen-bond donors (Lipinski definition) is 3. The van der Waals surface area contributed by atoms with Gasteiger partial charge in [0.1, 0.15) is 4.60 Å². The van der Waals surface area contributed by atoms with Gasteiger partial charge in [0.15, 0.2) is 0 Å². The second-order valence-corrected chi connectivity index (χ2v) is 3.06. The number of aromatic amines is 1. The van der Waals surface area contributed by atoms with Crippen molar-refractivity contribution in [2.45, 2.75) is 5.92 Å². The van der Waals surface area contributed by atoms with E-state index in [-0.39, 0.29) is 6.54 Å². The van der Waals surface area contributed by atoms with Gasteiger partial charge in [0.25, 0.3) is 0 Å². The third-order valence-electron chi connectivity index (χ3n) is 1.53. The Labute approximate surface area is 77.1 Å². The van der Waals surface area contributed by atoms with E-state index in [2.05, 4.69) is 26.1 Å². The van der Waals surface area contributed by atoms with Crippen molar-refractivity contribution in [3.8, 4) is 0 Å². The van der Waals surface area contributed by atoms with Gasteiger partial charge in [-0.3, -0.25) is 9.89 Å². The summed E-state index contributed by atoms with van der Waals surface area (Å²) in [6.45, 7) is 0.0630. The van der Waals surface area contributed by atoms with Gasteiger partial charge < -0.3 is 10.8 Å². The van der Waals surface area contributed by atoms with Crippen LogP contribution in [0.3, 0.4) is 0 Å². The molecule has 12 heavy (non-hydrogen) atoms. The Balaban J connectivity index is 2.94. The average molecular weight is 234 g/mol. The molecule has 0 aromatic carbocycles. The normalized spacial score (nSPS) is 12.8. The number of aliphatic carboxylic acids is 1. The van der Waals surface area contributed by atoms with Gasteiger partial charge in [-0.15, -0.1) is 0 Å². The van der Waals surface area contributed by atoms with Crippen LogP contribution in [-0.2, 0) is 4.79 Å². The molecule has 0 amide bonds. The van der Waals surface area contributed by atoms with Crippen LogP contribution < -0.4 is 5.73 Å². The molecule has 4 N–H and O–H groups in total. The van der Waals surface area contributed by atoms with Crippen molar-refractivity contribution < 1.29 is 9.90 Å². The number of hydrogen-bond acceptors (Lipinski definition) is 3. The van der Waals surface area contributed by atoms with Crippen LogP contribution >= 0.6 is 15.9 Å². The molecule has 1 unspecified atom stereocenters. The first-order chi connectivity index (χ1) is 5.66. The maximum atomic E-state index is 10.6. The van der Waals surface area contributed by atoms with Gasteiger partial charge in [0.05, 0.1) is 12.1 Å². The van der Waals surface area contributed by atoms with Crippen molar-refractivity contribution in [1.82, 2.24) is 10.2 Å². The molecule has 6 heteroatoms. The molecule has 0 saturated carbocycles. The zero-order valence-corrected chi connectivity index (χ0v) is 7.71. The molecular formula is C6H8BrN3O2. The van der Waals surface area contributed by atoms with Crippen molar-refractivity contribution in [2.75, 3.05) is 6.54 Å². The molecule has 1 aromatic rings. The van der Waals surface area contributed by atoms with E-state index in [1.54, 1.807) is 0 Å². The summed E-state index contributed by atoms with van der Waals surface area (Å²) in [5, 5.41) is 15.0. The van der Waals surface area contributed by atoms with E-state index in [4.69, 9.17) is 10.8 Å². The summed E-state index contributed by atoms with van der Waals surface area (Å²) in [6, 6.07) is 0. The van der Waals surface area contributed by atoms with Crippen molar-refractivity contribution in [2.24, 2.45) is 5.73 Å². The fourth-order valence-corrected chi connectivity index (χ4v) is 1.36. The summed E-state index contributed by atoms with van der Waals surface area (Å²) < 4.78 is 0.570. The van der Waals surface area contributed by atoms with Gasteiger partial charge in [-0.25, -0.2) is 0 Å². The summed E-state index contributed by atoms with van der Waals surface area (Å²) in [6.07, 6.45) is 1.45. The second-order valence-electron chi connectivity index (χ2n) is 2.27. The van der Waals surface area contributed by atoms with Crippen LogP contribution in [0.5, 0.6) is 0 Å². The number of nitrogens with one attached hydrogen (secondary N) is 1. The Hall–Kier alpha value is -0.880. The van der Waals surface area contributed by atoms with Crippen molar-refractivity contribution in [3.05, 3.63) is 16.4 Å². The highest BCUT2D eigenvalue weighted by Gasteiger charge is 2.21. The third-order valence-corrected chi connectivity index (χ3v) is 2.16. The zero-order chi connectivity index (χ0) is 9.14. The van der Waals surface area contributed by atoms with Gasteiger partial charge in [0.2, 0.25) is 0 Å². The van der Waals surface area contributed by atoms with E-state index in [1.807, 2.05) is 0 Å². The first-order valence-electron chi connectivity index (χ1n) is 3.28. The van der Waals surface area contributed by atoms with Gasteiger partial charge in [-0.2, -0.15) is 5.10 Å². The monoisotopic (exact) mass is 233 g/mol. The molecule has 5 nitrogen and oxygen atoms in total. The lowest BCUT2D eigenvalue weighted by molar-refractivity contribution is -0.138. The second kappa shape index (κ2) is 3.68. The Morgan fingerprint density at radius 2 is 2.58 bits per heavy atom. The molecule has 0 aliphatic rings. The number of aromatic nitrogens is 2. The van der Waals surface area contributed by atoms with Gasteiger partial charge >= 0.3 is 5.97 Å². The topological polar surface area (TPSA) is 92.0 Å². The number of rotatable bonds is 3. The molecule has 0 radical (unpaired) electrons. The van der Waals surface area contributed by atoms with Crippen LogP contribution in [0.2, 0.25) is 0 Å². The minimum absolute atomic E-state index is 0.0630. The van der Waals surface area contributed by atoms with E-state index >= 15 is 0 Å². The maximum absolute atomic E-state index is 10.6. The molecule has 1 atom stereocenters. The van der Waals surface area contributed by atoms with E-state index in [1.165, 1.54) is 6.20 Å². The molecule has 1 aromatic heterocycles. The maximum Gasteiger partial charge on any atom is 0.312 e. The predicted molar refractivity (Wildman–Crippen MR) is 45.7 cm³/mol. The summed E-state index contributed by atoms with van der Waals surface area (Å²) in [5.41, 5.74) is 5.86. The van der Waals surface area contributed by atoms with Crippen molar-refractivity contribution in [3.63, 3.8) is 0 Å². The predicted octanol–water partition coefficient (Wildman–Crippen LogP) is 0.299. The third kappa shape index (κ3) is 1.64. The highest BCUT2D eigenvalue weighted by Crippen LogP contribution is 2.21. The van der Waals surface area contributed by atoms with Crippen LogP contribution in [0.4, 0.5) is 0 Å². The van der Waals surface area contributed by atoms with Crippen LogP contribution in [0, 0.1) is 0 Å². The van der Waals surface area contributed by atoms with Crippen LogP contribution in [-0.4, -0.2) is 27.8 Å². The number of H-pyrrole nitrogens is 1. The minimum Gasteiger partial charge on any atom is -0.481 e.